The molecule has 1 aliphatic heterocycles. The molecule has 3 rings (SSSR count). The molecule has 3 atom stereocenters. The van der Waals surface area contributed by atoms with Gasteiger partial charge in [0, 0.05) is 31.5 Å². The second-order valence-electron chi connectivity index (χ2n) is 7.59. The van der Waals surface area contributed by atoms with E-state index in [4.69, 9.17) is 10.5 Å². The summed E-state index contributed by atoms with van der Waals surface area (Å²) in [6.45, 7) is 5.83. The number of amides is 1. The summed E-state index contributed by atoms with van der Waals surface area (Å²) in [5, 5.41) is 0. The lowest BCUT2D eigenvalue weighted by Gasteiger charge is -2.65. The molecule has 2 aliphatic carbocycles. The molecule has 20 heavy (non-hydrogen) atoms. The van der Waals surface area contributed by atoms with Gasteiger partial charge in [-0.25, -0.2) is 0 Å². The lowest BCUT2D eigenvalue weighted by molar-refractivity contribution is -0.229. The van der Waals surface area contributed by atoms with Crippen molar-refractivity contribution in [1.82, 2.24) is 4.90 Å². The van der Waals surface area contributed by atoms with E-state index in [9.17, 15) is 4.79 Å². The van der Waals surface area contributed by atoms with Gasteiger partial charge >= 0.3 is 0 Å². The van der Waals surface area contributed by atoms with Gasteiger partial charge in [0.2, 0.25) is 5.91 Å². The molecule has 0 aromatic carbocycles. The second-order valence-corrected chi connectivity index (χ2v) is 7.59. The number of rotatable bonds is 4. The molecule has 4 nitrogen and oxygen atoms in total. The van der Waals surface area contributed by atoms with Gasteiger partial charge in [0.05, 0.1) is 6.10 Å². The van der Waals surface area contributed by atoms with E-state index in [1.165, 1.54) is 12.8 Å². The highest BCUT2D eigenvalue weighted by atomic mass is 16.5. The van der Waals surface area contributed by atoms with E-state index >= 15 is 0 Å². The third kappa shape index (κ3) is 1.92. The van der Waals surface area contributed by atoms with E-state index in [1.54, 1.807) is 0 Å². The van der Waals surface area contributed by atoms with E-state index in [1.807, 2.05) is 11.9 Å². The first-order valence-electron chi connectivity index (χ1n) is 8.05. The minimum absolute atomic E-state index is 0.120. The highest BCUT2D eigenvalue weighted by Crippen LogP contribution is 2.57. The number of ether oxygens (including phenoxy) is 1. The molecule has 0 aromatic heterocycles. The Hall–Kier alpha value is -0.610. The maximum atomic E-state index is 12.9. The fourth-order valence-electron chi connectivity index (χ4n) is 4.21. The van der Waals surface area contributed by atoms with Crippen molar-refractivity contribution in [2.75, 3.05) is 20.2 Å². The number of nitrogens with zero attached hydrogens (tertiary/aromatic N) is 1. The summed E-state index contributed by atoms with van der Waals surface area (Å²) < 4.78 is 5.87. The number of likely N-dealkylation sites (N-methyl/N-ethyl adjacent to an activating group) is 1. The fraction of sp³-hybridized carbons (Fsp3) is 0.938. The van der Waals surface area contributed by atoms with Gasteiger partial charge in [-0.15, -0.1) is 0 Å². The van der Waals surface area contributed by atoms with Crippen LogP contribution in [0, 0.1) is 17.3 Å². The van der Waals surface area contributed by atoms with Crippen LogP contribution < -0.4 is 5.73 Å². The molecule has 0 bridgehead atoms. The van der Waals surface area contributed by atoms with E-state index in [0.717, 1.165) is 38.3 Å². The second kappa shape index (κ2) is 4.70. The summed E-state index contributed by atoms with van der Waals surface area (Å²) in [4.78, 5) is 14.8. The fourth-order valence-corrected chi connectivity index (χ4v) is 4.21. The van der Waals surface area contributed by atoms with Crippen molar-refractivity contribution >= 4 is 5.91 Å². The normalized spacial score (nSPS) is 38.8. The molecule has 2 N–H and O–H groups in total. The number of carbonyl (C=O) groups excluding carboxylic acids is 1. The molecule has 4 heteroatoms. The van der Waals surface area contributed by atoms with Crippen LogP contribution in [-0.2, 0) is 9.53 Å². The van der Waals surface area contributed by atoms with Crippen LogP contribution in [-0.4, -0.2) is 42.6 Å². The monoisotopic (exact) mass is 280 g/mol. The number of hydrogen-bond donors (Lipinski definition) is 1. The van der Waals surface area contributed by atoms with Gasteiger partial charge in [0.25, 0.3) is 0 Å². The Balaban J connectivity index is 1.70. The first-order valence-corrected chi connectivity index (χ1v) is 8.05. The lowest BCUT2D eigenvalue weighted by Crippen LogP contribution is -2.82. The van der Waals surface area contributed by atoms with Crippen LogP contribution in [0.2, 0.25) is 0 Å². The minimum atomic E-state index is -0.740. The van der Waals surface area contributed by atoms with E-state index < -0.39 is 5.54 Å². The average molecular weight is 280 g/mol. The molecule has 2 saturated carbocycles. The van der Waals surface area contributed by atoms with Crippen LogP contribution in [0.4, 0.5) is 0 Å². The summed E-state index contributed by atoms with van der Waals surface area (Å²) >= 11 is 0. The molecule has 114 valence electrons. The zero-order chi connectivity index (χ0) is 14.5. The molecule has 3 fully saturated rings. The predicted molar refractivity (Wildman–Crippen MR) is 78.1 cm³/mol. The largest absolute Gasteiger partial charge is 0.377 e. The summed E-state index contributed by atoms with van der Waals surface area (Å²) in [5.41, 5.74) is 5.63. The third-order valence-corrected chi connectivity index (χ3v) is 5.95. The first kappa shape index (κ1) is 14.3. The third-order valence-electron chi connectivity index (χ3n) is 5.95. The van der Waals surface area contributed by atoms with Gasteiger partial charge in [-0.1, -0.05) is 26.7 Å². The molecule has 1 saturated heterocycles. The van der Waals surface area contributed by atoms with Crippen molar-refractivity contribution < 1.29 is 9.53 Å². The maximum Gasteiger partial charge on any atom is 0.243 e. The Morgan fingerprint density at radius 1 is 1.35 bits per heavy atom. The van der Waals surface area contributed by atoms with Crippen molar-refractivity contribution in [3.63, 3.8) is 0 Å². The summed E-state index contributed by atoms with van der Waals surface area (Å²) in [5.74, 6) is 1.16. The highest BCUT2D eigenvalue weighted by molar-refractivity contribution is 5.89. The molecule has 1 amide bonds. The van der Waals surface area contributed by atoms with Gasteiger partial charge < -0.3 is 15.4 Å². The van der Waals surface area contributed by atoms with Crippen LogP contribution in [0.25, 0.3) is 0 Å². The molecule has 0 radical (unpaired) electrons. The standard InChI is InChI=1S/C16H28N2O2/c1-15(2)13-12(5-4-10-20-13)16(15,17)14(19)18(3)9-8-11-6-7-11/h11-13H,4-10,17H2,1-3H3. The molecule has 1 heterocycles. The number of hydrogen-bond acceptors (Lipinski definition) is 3. The van der Waals surface area contributed by atoms with Gasteiger partial charge in [0.1, 0.15) is 5.54 Å². The summed E-state index contributed by atoms with van der Waals surface area (Å²) in [7, 11) is 1.91. The molecular weight excluding hydrogens is 252 g/mol. The first-order chi connectivity index (χ1) is 9.39. The number of nitrogens with two attached hydrogens (primary N) is 1. The predicted octanol–water partition coefficient (Wildman–Crippen LogP) is 1.78. The van der Waals surface area contributed by atoms with Crippen LogP contribution in [0.5, 0.6) is 0 Å². The van der Waals surface area contributed by atoms with E-state index in [-0.39, 0.29) is 23.3 Å². The van der Waals surface area contributed by atoms with E-state index in [0.29, 0.717) is 0 Å². The zero-order valence-electron chi connectivity index (χ0n) is 13.0. The summed E-state index contributed by atoms with van der Waals surface area (Å²) in [6, 6.07) is 0. The molecule has 3 unspecified atom stereocenters. The average Bonchev–Trinajstić information content (AvgIpc) is 3.27. The lowest BCUT2D eigenvalue weighted by atomic mass is 9.46. The Morgan fingerprint density at radius 2 is 2.05 bits per heavy atom. The van der Waals surface area contributed by atoms with Gasteiger partial charge in [0.15, 0.2) is 0 Å². The van der Waals surface area contributed by atoms with Crippen molar-refractivity contribution in [3.05, 3.63) is 0 Å². The van der Waals surface area contributed by atoms with Crippen molar-refractivity contribution in [2.24, 2.45) is 23.0 Å². The van der Waals surface area contributed by atoms with Crippen molar-refractivity contribution in [3.8, 4) is 0 Å². The molecular formula is C16H28N2O2. The van der Waals surface area contributed by atoms with Gasteiger partial charge in [-0.05, 0) is 25.2 Å². The molecule has 0 aromatic rings. The number of fused-ring (bicyclic) bond motifs is 1. The van der Waals surface area contributed by atoms with Crippen LogP contribution in [0.15, 0.2) is 0 Å². The van der Waals surface area contributed by atoms with Crippen LogP contribution in [0.1, 0.15) is 46.0 Å². The summed E-state index contributed by atoms with van der Waals surface area (Å²) in [6.07, 6.45) is 5.99. The Kier molecular flexibility index (Phi) is 3.37. The quantitative estimate of drug-likeness (QED) is 0.854. The Labute approximate surface area is 122 Å². The van der Waals surface area contributed by atoms with Gasteiger partial charge in [-0.3, -0.25) is 4.79 Å². The van der Waals surface area contributed by atoms with Gasteiger partial charge in [-0.2, -0.15) is 0 Å². The Morgan fingerprint density at radius 3 is 2.70 bits per heavy atom. The zero-order valence-corrected chi connectivity index (χ0v) is 13.0. The smallest absolute Gasteiger partial charge is 0.243 e. The Bertz CT molecular complexity index is 405. The van der Waals surface area contributed by atoms with Crippen LogP contribution in [0.3, 0.4) is 0 Å². The van der Waals surface area contributed by atoms with Crippen molar-refractivity contribution in [2.45, 2.75) is 57.6 Å². The van der Waals surface area contributed by atoms with Crippen molar-refractivity contribution in [1.29, 1.82) is 0 Å². The number of carbonyl (C=O) groups is 1. The molecule has 0 spiro atoms. The minimum Gasteiger partial charge on any atom is -0.377 e. The topological polar surface area (TPSA) is 55.6 Å². The molecule has 3 aliphatic rings. The maximum absolute atomic E-state index is 12.9. The van der Waals surface area contributed by atoms with E-state index in [2.05, 4.69) is 13.8 Å². The van der Waals surface area contributed by atoms with Crippen LogP contribution >= 0.6 is 0 Å². The SMILES string of the molecule is CN(CCC1CC1)C(=O)C1(N)C2CCCOC2C1(C)C. The highest BCUT2D eigenvalue weighted by Gasteiger charge is 2.70.